The number of hydrogen-bond acceptors (Lipinski definition) is 2. The van der Waals surface area contributed by atoms with Gasteiger partial charge >= 0.3 is 0 Å². The zero-order chi connectivity index (χ0) is 13.9. The lowest BCUT2D eigenvalue weighted by Gasteiger charge is -2.18. The van der Waals surface area contributed by atoms with Gasteiger partial charge in [0.25, 0.3) is 0 Å². The number of rotatable bonds is 8. The maximum absolute atomic E-state index is 5.67. The monoisotopic (exact) mass is 340 g/mol. The number of hydrogen-bond donors (Lipinski definition) is 2. The Morgan fingerprint density at radius 2 is 2.05 bits per heavy atom. The van der Waals surface area contributed by atoms with Crippen LogP contribution < -0.4 is 16.0 Å². The predicted octanol–water partition coefficient (Wildman–Crippen LogP) is 2.57. The van der Waals surface area contributed by atoms with E-state index in [1.807, 2.05) is 6.07 Å². The van der Waals surface area contributed by atoms with Crippen LogP contribution in [-0.4, -0.2) is 32.6 Å². The lowest BCUT2D eigenvalue weighted by molar-refractivity contribution is 0.726. The second kappa shape index (κ2) is 11.3. The number of aliphatic imine (C=N–C) groups is 1. The van der Waals surface area contributed by atoms with Gasteiger partial charge in [0.05, 0.1) is 0 Å². The molecule has 0 aliphatic heterocycles. The summed E-state index contributed by atoms with van der Waals surface area (Å²) in [6, 6.07) is 10.4. The van der Waals surface area contributed by atoms with Crippen LogP contribution >= 0.6 is 17.0 Å². The summed E-state index contributed by atoms with van der Waals surface area (Å²) in [5.41, 5.74) is 6.92. The van der Waals surface area contributed by atoms with E-state index in [0.29, 0.717) is 12.5 Å². The molecule has 0 amide bonds. The highest BCUT2D eigenvalue weighted by atomic mass is 79.9. The average molecular weight is 341 g/mol. The van der Waals surface area contributed by atoms with Crippen LogP contribution in [0.1, 0.15) is 12.8 Å². The van der Waals surface area contributed by atoms with Gasteiger partial charge in [0, 0.05) is 32.4 Å². The SMILES string of the molecule is Br.C=CCNC(N)=NCCCCN(C)c1ccccc1. The fourth-order valence-electron chi connectivity index (χ4n) is 1.70. The number of anilines is 1. The second-order valence-corrected chi connectivity index (χ2v) is 4.40. The molecule has 0 unspecified atom stereocenters. The van der Waals surface area contributed by atoms with E-state index in [4.69, 9.17) is 5.73 Å². The average Bonchev–Trinajstić information content (AvgIpc) is 2.45. The van der Waals surface area contributed by atoms with Crippen molar-refractivity contribution in [3.05, 3.63) is 43.0 Å². The van der Waals surface area contributed by atoms with Crippen LogP contribution in [0.3, 0.4) is 0 Å². The highest BCUT2D eigenvalue weighted by molar-refractivity contribution is 8.93. The number of benzene rings is 1. The number of guanidine groups is 1. The molecule has 0 saturated heterocycles. The van der Waals surface area contributed by atoms with Gasteiger partial charge in [-0.15, -0.1) is 23.6 Å². The second-order valence-electron chi connectivity index (χ2n) is 4.40. The molecule has 0 spiro atoms. The van der Waals surface area contributed by atoms with E-state index in [-0.39, 0.29) is 17.0 Å². The standard InChI is InChI=1S/C15H24N4.BrH/c1-3-11-17-15(16)18-12-7-8-13-19(2)14-9-5-4-6-10-14;/h3-6,9-10H,1,7-8,11-13H2,2H3,(H3,16,17,18);1H. The molecule has 1 aromatic rings. The van der Waals surface area contributed by atoms with E-state index in [2.05, 4.69) is 53.1 Å². The summed E-state index contributed by atoms with van der Waals surface area (Å²) in [6.45, 7) is 6.06. The Morgan fingerprint density at radius 1 is 1.35 bits per heavy atom. The third kappa shape index (κ3) is 7.84. The fraction of sp³-hybridized carbons (Fsp3) is 0.400. The van der Waals surface area contributed by atoms with Gasteiger partial charge in [0.2, 0.25) is 0 Å². The van der Waals surface area contributed by atoms with Crippen LogP contribution in [0.5, 0.6) is 0 Å². The Balaban J connectivity index is 0.00000361. The first kappa shape index (κ1) is 18.5. The molecule has 1 rings (SSSR count). The number of nitrogens with zero attached hydrogens (tertiary/aromatic N) is 2. The Hall–Kier alpha value is -1.49. The van der Waals surface area contributed by atoms with Crippen molar-refractivity contribution in [1.29, 1.82) is 0 Å². The molecule has 5 heteroatoms. The highest BCUT2D eigenvalue weighted by Crippen LogP contribution is 2.11. The van der Waals surface area contributed by atoms with Crippen molar-refractivity contribution < 1.29 is 0 Å². The van der Waals surface area contributed by atoms with Crippen molar-refractivity contribution in [2.24, 2.45) is 10.7 Å². The van der Waals surface area contributed by atoms with Crippen molar-refractivity contribution in [2.75, 3.05) is 31.6 Å². The molecule has 0 aliphatic rings. The first-order chi connectivity index (χ1) is 9.24. The highest BCUT2D eigenvalue weighted by Gasteiger charge is 1.98. The van der Waals surface area contributed by atoms with Gasteiger partial charge < -0.3 is 16.0 Å². The molecule has 0 saturated carbocycles. The number of para-hydroxylation sites is 1. The summed E-state index contributed by atoms with van der Waals surface area (Å²) < 4.78 is 0. The van der Waals surface area contributed by atoms with E-state index in [1.165, 1.54) is 5.69 Å². The zero-order valence-corrected chi connectivity index (χ0v) is 13.8. The van der Waals surface area contributed by atoms with Gasteiger partial charge in [0.1, 0.15) is 0 Å². The van der Waals surface area contributed by atoms with Gasteiger partial charge in [-0.25, -0.2) is 0 Å². The van der Waals surface area contributed by atoms with Gasteiger partial charge in [-0.2, -0.15) is 0 Å². The van der Waals surface area contributed by atoms with E-state index >= 15 is 0 Å². The van der Waals surface area contributed by atoms with Crippen molar-refractivity contribution in [2.45, 2.75) is 12.8 Å². The molecule has 0 fully saturated rings. The van der Waals surface area contributed by atoms with Crippen LogP contribution in [-0.2, 0) is 0 Å². The normalized spacial score (nSPS) is 10.6. The van der Waals surface area contributed by atoms with Gasteiger partial charge in [-0.1, -0.05) is 24.3 Å². The molecule has 20 heavy (non-hydrogen) atoms. The quantitative estimate of drug-likeness (QED) is 0.331. The molecule has 4 nitrogen and oxygen atoms in total. The van der Waals surface area contributed by atoms with Crippen molar-refractivity contribution >= 4 is 28.6 Å². The Morgan fingerprint density at radius 3 is 2.70 bits per heavy atom. The molecule has 112 valence electrons. The lowest BCUT2D eigenvalue weighted by Crippen LogP contribution is -2.31. The van der Waals surface area contributed by atoms with Gasteiger partial charge in [-0.05, 0) is 25.0 Å². The first-order valence-electron chi connectivity index (χ1n) is 6.65. The zero-order valence-electron chi connectivity index (χ0n) is 12.1. The van der Waals surface area contributed by atoms with Crippen LogP contribution in [0, 0.1) is 0 Å². The van der Waals surface area contributed by atoms with E-state index in [0.717, 1.165) is 25.9 Å². The minimum absolute atomic E-state index is 0. The Labute approximate surface area is 132 Å². The summed E-state index contributed by atoms with van der Waals surface area (Å²) in [7, 11) is 2.11. The third-order valence-corrected chi connectivity index (χ3v) is 2.81. The van der Waals surface area contributed by atoms with Crippen LogP contribution in [0.2, 0.25) is 0 Å². The van der Waals surface area contributed by atoms with E-state index in [1.54, 1.807) is 6.08 Å². The van der Waals surface area contributed by atoms with Gasteiger partial charge in [-0.3, -0.25) is 4.99 Å². The molecule has 0 aromatic heterocycles. The minimum Gasteiger partial charge on any atom is -0.375 e. The molecule has 0 radical (unpaired) electrons. The van der Waals surface area contributed by atoms with Crippen molar-refractivity contribution in [3.63, 3.8) is 0 Å². The minimum atomic E-state index is 0. The fourth-order valence-corrected chi connectivity index (χ4v) is 1.70. The number of nitrogens with one attached hydrogen (secondary N) is 1. The first-order valence-corrected chi connectivity index (χ1v) is 6.65. The number of halogens is 1. The molecule has 0 bridgehead atoms. The lowest BCUT2D eigenvalue weighted by atomic mass is 10.2. The number of nitrogens with two attached hydrogens (primary N) is 1. The van der Waals surface area contributed by atoms with E-state index in [9.17, 15) is 0 Å². The summed E-state index contributed by atoms with van der Waals surface area (Å²) in [5, 5.41) is 2.96. The molecule has 1 aromatic carbocycles. The smallest absolute Gasteiger partial charge is 0.188 e. The summed E-state index contributed by atoms with van der Waals surface area (Å²) >= 11 is 0. The third-order valence-electron chi connectivity index (χ3n) is 2.81. The summed E-state index contributed by atoms with van der Waals surface area (Å²) in [6.07, 6.45) is 3.90. The Kier molecular flexibility index (Phi) is 10.5. The molecule has 0 heterocycles. The van der Waals surface area contributed by atoms with E-state index < -0.39 is 0 Å². The van der Waals surface area contributed by atoms with Crippen LogP contribution in [0.15, 0.2) is 48.0 Å². The van der Waals surface area contributed by atoms with Crippen LogP contribution in [0.4, 0.5) is 5.69 Å². The van der Waals surface area contributed by atoms with Gasteiger partial charge in [0.15, 0.2) is 5.96 Å². The Bertz CT molecular complexity index is 392. The molecular weight excluding hydrogens is 316 g/mol. The summed E-state index contributed by atoms with van der Waals surface area (Å²) in [4.78, 5) is 6.50. The largest absolute Gasteiger partial charge is 0.375 e. The number of unbranched alkanes of at least 4 members (excludes halogenated alkanes) is 1. The predicted molar refractivity (Wildman–Crippen MR) is 94.0 cm³/mol. The molecule has 0 atom stereocenters. The molecular formula is C15H25BrN4. The maximum Gasteiger partial charge on any atom is 0.188 e. The van der Waals surface area contributed by atoms with Crippen molar-refractivity contribution in [3.8, 4) is 0 Å². The topological polar surface area (TPSA) is 53.6 Å². The summed E-state index contributed by atoms with van der Waals surface area (Å²) in [5.74, 6) is 0.497. The van der Waals surface area contributed by atoms with Crippen LogP contribution in [0.25, 0.3) is 0 Å². The molecule has 0 aliphatic carbocycles. The maximum atomic E-state index is 5.67. The van der Waals surface area contributed by atoms with Crippen molar-refractivity contribution in [1.82, 2.24) is 5.32 Å². The molecule has 3 N–H and O–H groups in total.